The van der Waals surface area contributed by atoms with Gasteiger partial charge in [0.05, 0.1) is 0 Å². The summed E-state index contributed by atoms with van der Waals surface area (Å²) in [6, 6.07) is 8.83. The van der Waals surface area contributed by atoms with Gasteiger partial charge in [0.1, 0.15) is 0 Å². The van der Waals surface area contributed by atoms with Crippen LogP contribution in [-0.4, -0.2) is 6.04 Å². The molecule has 0 amide bonds. The highest BCUT2D eigenvalue weighted by Gasteiger charge is 2.45. The van der Waals surface area contributed by atoms with E-state index < -0.39 is 0 Å². The molecule has 2 atom stereocenters. The maximum atomic E-state index is 6.25. The third-order valence-electron chi connectivity index (χ3n) is 4.04. The van der Waals surface area contributed by atoms with Crippen LogP contribution in [0, 0.1) is 5.92 Å². The molecule has 2 aliphatic carbocycles. The molecule has 0 aliphatic heterocycles. The second-order valence-electron chi connectivity index (χ2n) is 5.33. The first-order chi connectivity index (χ1) is 7.62. The van der Waals surface area contributed by atoms with E-state index in [2.05, 4.69) is 56.3 Å². The van der Waals surface area contributed by atoms with Crippen LogP contribution in [0.2, 0.25) is 0 Å². The van der Waals surface area contributed by atoms with Gasteiger partial charge in [-0.2, -0.15) is 0 Å². The van der Waals surface area contributed by atoms with Crippen LogP contribution in [0.25, 0.3) is 5.57 Å². The van der Waals surface area contributed by atoms with Gasteiger partial charge >= 0.3 is 0 Å². The minimum atomic E-state index is 0.141. The molecule has 2 N–H and O–H groups in total. The van der Waals surface area contributed by atoms with Crippen molar-refractivity contribution in [3.05, 3.63) is 53.6 Å². The van der Waals surface area contributed by atoms with Gasteiger partial charge in [-0.3, -0.25) is 0 Å². The number of benzene rings is 1. The molecule has 0 fully saturated rings. The number of allylic oxidation sites excluding steroid dienone is 2. The Kier molecular flexibility index (Phi) is 1.90. The number of nitrogens with two attached hydrogens (primary N) is 1. The van der Waals surface area contributed by atoms with Crippen LogP contribution in [0.15, 0.2) is 42.5 Å². The lowest BCUT2D eigenvalue weighted by atomic mass is 9.72. The van der Waals surface area contributed by atoms with Crippen molar-refractivity contribution in [1.29, 1.82) is 0 Å². The molecule has 82 valence electrons. The molecule has 1 nitrogen and oxygen atoms in total. The Labute approximate surface area is 96.7 Å². The topological polar surface area (TPSA) is 26.0 Å². The average molecular weight is 211 g/mol. The first-order valence-corrected chi connectivity index (χ1v) is 5.86. The highest BCUT2D eigenvalue weighted by atomic mass is 14.7. The van der Waals surface area contributed by atoms with Crippen molar-refractivity contribution in [2.75, 3.05) is 0 Å². The fraction of sp³-hybridized carbons (Fsp3) is 0.333. The lowest BCUT2D eigenvalue weighted by Crippen LogP contribution is -2.39. The molecule has 0 radical (unpaired) electrons. The predicted octanol–water partition coefficient (Wildman–Crippen LogP) is 2.87. The van der Waals surface area contributed by atoms with Crippen LogP contribution in [0.3, 0.4) is 0 Å². The van der Waals surface area contributed by atoms with Crippen molar-refractivity contribution in [3.8, 4) is 0 Å². The smallest absolute Gasteiger partial charge is 0.0305 e. The third kappa shape index (κ3) is 1.09. The van der Waals surface area contributed by atoms with E-state index in [0.29, 0.717) is 5.92 Å². The zero-order chi connectivity index (χ0) is 11.3. The van der Waals surface area contributed by atoms with Gasteiger partial charge in [0, 0.05) is 12.0 Å². The van der Waals surface area contributed by atoms with E-state index in [1.807, 2.05) is 0 Å². The average Bonchev–Trinajstić information content (AvgIpc) is 2.50. The Bertz CT molecular complexity index is 494. The molecular weight excluding hydrogens is 194 g/mol. The summed E-state index contributed by atoms with van der Waals surface area (Å²) in [6.45, 7) is 4.60. The molecule has 0 aromatic heterocycles. The molecule has 0 saturated carbocycles. The lowest BCUT2D eigenvalue weighted by Gasteiger charge is -2.33. The first-order valence-electron chi connectivity index (χ1n) is 5.86. The molecule has 1 aromatic carbocycles. The summed E-state index contributed by atoms with van der Waals surface area (Å²) in [7, 11) is 0. The highest BCUT2D eigenvalue weighted by molar-refractivity contribution is 5.80. The minimum absolute atomic E-state index is 0.141. The van der Waals surface area contributed by atoms with Crippen LogP contribution in [-0.2, 0) is 5.41 Å². The molecule has 1 heteroatoms. The molecule has 0 saturated heterocycles. The lowest BCUT2D eigenvalue weighted by molar-refractivity contribution is 0.382. The van der Waals surface area contributed by atoms with E-state index in [4.69, 9.17) is 5.73 Å². The van der Waals surface area contributed by atoms with Gasteiger partial charge in [0.15, 0.2) is 0 Å². The van der Waals surface area contributed by atoms with Crippen LogP contribution < -0.4 is 5.73 Å². The van der Waals surface area contributed by atoms with Crippen molar-refractivity contribution in [2.24, 2.45) is 11.7 Å². The quantitative estimate of drug-likeness (QED) is 0.701. The van der Waals surface area contributed by atoms with Crippen molar-refractivity contribution in [1.82, 2.24) is 0 Å². The first kappa shape index (κ1) is 9.86. The van der Waals surface area contributed by atoms with Crippen molar-refractivity contribution >= 4 is 5.57 Å². The second kappa shape index (κ2) is 3.08. The van der Waals surface area contributed by atoms with E-state index in [9.17, 15) is 0 Å². The molecular formula is C15H17N. The van der Waals surface area contributed by atoms with E-state index >= 15 is 0 Å². The minimum Gasteiger partial charge on any atom is -0.324 e. The summed E-state index contributed by atoms with van der Waals surface area (Å²) < 4.78 is 0. The summed E-state index contributed by atoms with van der Waals surface area (Å²) in [5.41, 5.74) is 10.6. The van der Waals surface area contributed by atoms with E-state index in [1.165, 1.54) is 16.7 Å². The Balaban J connectivity index is 2.27. The van der Waals surface area contributed by atoms with Crippen molar-refractivity contribution in [3.63, 3.8) is 0 Å². The van der Waals surface area contributed by atoms with E-state index in [1.54, 1.807) is 0 Å². The number of hydrogen-bond acceptors (Lipinski definition) is 1. The van der Waals surface area contributed by atoms with Gasteiger partial charge < -0.3 is 5.73 Å². The normalized spacial score (nSPS) is 29.6. The van der Waals surface area contributed by atoms with E-state index in [0.717, 1.165) is 0 Å². The molecule has 0 heterocycles. The van der Waals surface area contributed by atoms with Gasteiger partial charge in [-0.05, 0) is 22.1 Å². The maximum absolute atomic E-state index is 6.25. The number of fused-ring (bicyclic) bond motifs is 3. The van der Waals surface area contributed by atoms with Crippen LogP contribution in [0.1, 0.15) is 25.0 Å². The highest BCUT2D eigenvalue weighted by Crippen LogP contribution is 2.51. The largest absolute Gasteiger partial charge is 0.324 e. The van der Waals surface area contributed by atoms with Gasteiger partial charge in [0.25, 0.3) is 0 Å². The van der Waals surface area contributed by atoms with Gasteiger partial charge in [-0.15, -0.1) is 0 Å². The Hall–Kier alpha value is -1.34. The predicted molar refractivity (Wildman–Crippen MR) is 68.1 cm³/mol. The Morgan fingerprint density at radius 3 is 2.75 bits per heavy atom. The molecule has 16 heavy (non-hydrogen) atoms. The molecule has 3 rings (SSSR count). The maximum Gasteiger partial charge on any atom is 0.0305 e. The summed E-state index contributed by atoms with van der Waals surface area (Å²) in [6.07, 6.45) is 6.43. The fourth-order valence-electron chi connectivity index (χ4n) is 3.30. The molecule has 0 bridgehead atoms. The van der Waals surface area contributed by atoms with Crippen molar-refractivity contribution < 1.29 is 0 Å². The summed E-state index contributed by atoms with van der Waals surface area (Å²) >= 11 is 0. The molecule has 0 spiro atoms. The van der Waals surface area contributed by atoms with Crippen molar-refractivity contribution in [2.45, 2.75) is 25.3 Å². The van der Waals surface area contributed by atoms with E-state index in [-0.39, 0.29) is 11.5 Å². The molecule has 2 unspecified atom stereocenters. The van der Waals surface area contributed by atoms with Gasteiger partial charge in [-0.1, -0.05) is 56.3 Å². The Morgan fingerprint density at radius 2 is 1.94 bits per heavy atom. The van der Waals surface area contributed by atoms with Gasteiger partial charge in [-0.25, -0.2) is 0 Å². The summed E-state index contributed by atoms with van der Waals surface area (Å²) in [5.74, 6) is 0.426. The molecule has 1 aromatic rings. The number of hydrogen-bond donors (Lipinski definition) is 1. The standard InChI is InChI=1S/C15H17N/c1-15(2)12-8-4-3-6-10(12)11-7-5-9-13(16)14(11)15/h3-9,13-14H,16H2,1-2H3. The van der Waals surface area contributed by atoms with Crippen LogP contribution >= 0.6 is 0 Å². The third-order valence-corrected chi connectivity index (χ3v) is 4.04. The zero-order valence-electron chi connectivity index (χ0n) is 9.77. The fourth-order valence-corrected chi connectivity index (χ4v) is 3.30. The number of rotatable bonds is 0. The zero-order valence-corrected chi connectivity index (χ0v) is 9.77. The SMILES string of the molecule is CC1(C)c2ccccc2C2=CC=CC(N)C21. The molecule has 2 aliphatic rings. The van der Waals surface area contributed by atoms with Crippen LogP contribution in [0.5, 0.6) is 0 Å². The van der Waals surface area contributed by atoms with Gasteiger partial charge in [0.2, 0.25) is 0 Å². The van der Waals surface area contributed by atoms with Crippen LogP contribution in [0.4, 0.5) is 0 Å². The monoisotopic (exact) mass is 211 g/mol. The Morgan fingerprint density at radius 1 is 1.19 bits per heavy atom. The summed E-state index contributed by atoms with van der Waals surface area (Å²) in [4.78, 5) is 0. The summed E-state index contributed by atoms with van der Waals surface area (Å²) in [5, 5.41) is 0. The second-order valence-corrected chi connectivity index (χ2v) is 5.33.